The number of carbonyl (C=O) groups excluding carboxylic acids is 3. The molecule has 4 N–H and O–H groups in total. The van der Waals surface area contributed by atoms with E-state index in [4.69, 9.17) is 9.47 Å². The van der Waals surface area contributed by atoms with Gasteiger partial charge in [0, 0.05) is 25.0 Å². The minimum absolute atomic E-state index is 0.0127. The van der Waals surface area contributed by atoms with Gasteiger partial charge in [-0.3, -0.25) is 28.8 Å². The van der Waals surface area contributed by atoms with E-state index in [1.54, 1.807) is 7.11 Å². The zero-order chi connectivity index (χ0) is 99.7. The van der Waals surface area contributed by atoms with E-state index in [-0.39, 0.29) is 91.8 Å². The maximum Gasteiger partial charge on any atom is 0.311 e. The van der Waals surface area contributed by atoms with Crippen molar-refractivity contribution < 1.29 is 58.7 Å². The van der Waals surface area contributed by atoms with Gasteiger partial charge in [-0.1, -0.05) is 254 Å². The number of fused-ring (bicyclic) bond motifs is 18. The number of aryl methyl sites for hydroxylation is 6. The van der Waals surface area contributed by atoms with E-state index in [0.29, 0.717) is 41.4 Å². The highest BCUT2D eigenvalue weighted by Gasteiger charge is 2.63. The molecule has 6 aromatic carbocycles. The first-order valence-electron chi connectivity index (χ1n) is 53.6. The van der Waals surface area contributed by atoms with Crippen LogP contribution in [0.4, 0.5) is 0 Å². The lowest BCUT2D eigenvalue weighted by molar-refractivity contribution is -0.162. The van der Waals surface area contributed by atoms with Crippen molar-refractivity contribution in [2.75, 3.05) is 20.8 Å². The van der Waals surface area contributed by atoms with E-state index in [0.717, 1.165) is 186 Å². The topological polar surface area (TPSA) is 202 Å². The number of benzene rings is 6. The number of ether oxygens (including phenoxy) is 2. The molecule has 12 nitrogen and oxygen atoms in total. The molecule has 0 saturated heterocycles. The number of hydrogen-bond acceptors (Lipinski definition) is 11. The molecule has 137 heavy (non-hydrogen) atoms. The second kappa shape index (κ2) is 38.6. The van der Waals surface area contributed by atoms with Crippen LogP contribution in [0.25, 0.3) is 0 Å². The minimum atomic E-state index is -0.686. The molecular formula is C123H170O12S2. The number of hydrogen-bond donors (Lipinski definition) is 4. The summed E-state index contributed by atoms with van der Waals surface area (Å²) in [6.07, 6.45) is 29.7. The molecule has 12 aliphatic carbocycles. The van der Waals surface area contributed by atoms with Crippen LogP contribution in [-0.2, 0) is 109 Å². The molecule has 0 bridgehead atoms. The molecule has 12 aliphatic rings. The standard InChI is InChI=1S/C42H58O4S.C40H54O4S.C21H30O2.C20H28O2/c1-25(2)29-20-27-12-14-35-39(5,16-10-18-41(35,7)37(44)24-43)31(27)22-33(29)47-34-23-32-28(21-30(34)26(3)4)13-15-36-40(32,6)17-11-19-42(36,8)38(45)46-9;1-23(2)27-19-25-11-13-33-37(5,15-9-17-39(33,7)35(41)42)29(25)21-31(27)45-32-22-30-26(20-28(32)24(3)4)12-14-34-38(30,6)16-10-18-40(34,8)36(43)44;1-14(2)15-7-9-17-16(13-15)8-10-18-20(17,3)11-6-12-21(18,4)19(22)23-5;1-13(2)14-6-8-16-15(12-14)7-9-17-19(16,3)10-5-11-20(17,4)18(21)22/h20-23,25-26,35-36,43H,10-19,24H2,1-9H3;19-24,33-34H,9-18H2,1-8H3,(H,41,42)(H,43,44);7,9,13-14,18H,6,8,10-12H2,1-5H3;6,8,12-13,17H,5,7,9-11H2,1-4H3,(H,21,22). The number of aliphatic hydroxyl groups is 1. The molecule has 0 radical (unpaired) electrons. The first-order chi connectivity index (χ1) is 64.3. The van der Waals surface area contributed by atoms with E-state index in [1.807, 2.05) is 44.3 Å². The number of esters is 2. The summed E-state index contributed by atoms with van der Waals surface area (Å²) in [5.74, 6) is 2.11. The second-order valence-electron chi connectivity index (χ2n) is 50.3. The van der Waals surface area contributed by atoms with Crippen molar-refractivity contribution in [1.82, 2.24) is 0 Å². The monoisotopic (exact) mass is 1900 g/mol. The van der Waals surface area contributed by atoms with E-state index in [1.165, 1.54) is 133 Å². The number of rotatable bonds is 17. The van der Waals surface area contributed by atoms with Crippen LogP contribution in [-0.4, -0.2) is 76.9 Å². The lowest BCUT2D eigenvalue weighted by Gasteiger charge is -2.55. The van der Waals surface area contributed by atoms with E-state index in [2.05, 4.69) is 230 Å². The van der Waals surface area contributed by atoms with Crippen LogP contribution in [0.3, 0.4) is 0 Å². The van der Waals surface area contributed by atoms with Crippen LogP contribution in [0.5, 0.6) is 0 Å². The Hall–Kier alpha value is -7.00. The lowest BCUT2D eigenvalue weighted by Crippen LogP contribution is -2.53. The highest BCUT2D eigenvalue weighted by Crippen LogP contribution is 2.67. The van der Waals surface area contributed by atoms with Gasteiger partial charge in [-0.25, -0.2) is 0 Å². The summed E-state index contributed by atoms with van der Waals surface area (Å²) in [4.78, 5) is 81.4. The van der Waals surface area contributed by atoms with Crippen LogP contribution in [0, 0.1) is 68.0 Å². The zero-order valence-corrected chi connectivity index (χ0v) is 90.4. The van der Waals surface area contributed by atoms with Crippen LogP contribution in [0.2, 0.25) is 0 Å². The molecule has 6 saturated carbocycles. The number of aliphatic carboxylic acids is 3. The van der Waals surface area contributed by atoms with Gasteiger partial charge in [0.2, 0.25) is 0 Å². The third-order valence-electron chi connectivity index (χ3n) is 40.5. The van der Waals surface area contributed by atoms with E-state index >= 15 is 0 Å². The van der Waals surface area contributed by atoms with Gasteiger partial charge in [-0.05, 0) is 417 Å². The fraction of sp³-hybridized carbons (Fsp3) is 0.659. The highest BCUT2D eigenvalue weighted by molar-refractivity contribution is 7.99. The summed E-state index contributed by atoms with van der Waals surface area (Å²) in [6.45, 7) is 53.6. The fourth-order valence-electron chi connectivity index (χ4n) is 32.4. The molecule has 0 spiro atoms. The molecule has 0 heterocycles. The summed E-state index contributed by atoms with van der Waals surface area (Å²) in [6, 6.07) is 33.9. The van der Waals surface area contributed by atoms with Gasteiger partial charge in [0.1, 0.15) is 6.61 Å². The molecule has 0 aromatic heterocycles. The van der Waals surface area contributed by atoms with Crippen molar-refractivity contribution in [3.05, 3.63) is 185 Å². The Balaban J connectivity index is 0.000000146. The normalized spacial score (nSPS) is 33.6. The molecule has 0 aliphatic heterocycles. The van der Waals surface area contributed by atoms with Gasteiger partial charge in [-0.15, -0.1) is 0 Å². The minimum Gasteiger partial charge on any atom is -0.481 e. The Morgan fingerprint density at radius 1 is 0.292 bits per heavy atom. The van der Waals surface area contributed by atoms with Gasteiger partial charge < -0.3 is 29.9 Å². The third kappa shape index (κ3) is 17.7. The third-order valence-corrected chi connectivity index (χ3v) is 42.8. The van der Waals surface area contributed by atoms with Crippen LogP contribution in [0.1, 0.15) is 456 Å². The Bertz CT molecular complexity index is 5400. The summed E-state index contributed by atoms with van der Waals surface area (Å²) in [5, 5.41) is 40.5. The van der Waals surface area contributed by atoms with Crippen molar-refractivity contribution in [2.24, 2.45) is 68.0 Å². The van der Waals surface area contributed by atoms with Crippen molar-refractivity contribution in [1.29, 1.82) is 0 Å². The van der Waals surface area contributed by atoms with Crippen molar-refractivity contribution in [3.8, 4) is 0 Å². The predicted molar refractivity (Wildman–Crippen MR) is 557 cm³/mol. The molecule has 6 fully saturated rings. The molecule has 18 rings (SSSR count). The maximum absolute atomic E-state index is 13.2. The summed E-state index contributed by atoms with van der Waals surface area (Å²) in [5.41, 5.74) is 22.1. The number of aliphatic hydroxyl groups excluding tert-OH is 1. The Morgan fingerprint density at radius 3 is 0.723 bits per heavy atom. The molecule has 746 valence electrons. The Labute approximate surface area is 832 Å². The lowest BCUT2D eigenvalue weighted by atomic mass is 9.49. The van der Waals surface area contributed by atoms with Gasteiger partial charge in [-0.2, -0.15) is 0 Å². The smallest absolute Gasteiger partial charge is 0.311 e. The molecule has 18 atom stereocenters. The number of carbonyl (C=O) groups is 6. The summed E-state index contributed by atoms with van der Waals surface area (Å²) < 4.78 is 10.6. The zero-order valence-electron chi connectivity index (χ0n) is 88.8. The Morgan fingerprint density at radius 2 is 0.504 bits per heavy atom. The van der Waals surface area contributed by atoms with Gasteiger partial charge in [0.15, 0.2) is 5.78 Å². The molecule has 0 amide bonds. The maximum atomic E-state index is 13.2. The number of carboxylic acid groups (broad SMARTS) is 3. The quantitative estimate of drug-likeness (QED) is 0.0628. The SMILES string of the molecule is CC(C)c1cc2c(cc1Sc1cc3c(cc1C(C)C)CCC1C(C)(C(=O)O)CCCC31C)C1(C)CCCC(C)(C(=O)O)C1CC2.CC(C)c1ccc2c(c1)CCC1C(C)(C(=O)O)CCCC21C.COC(=O)C1(C)CCCC2(C)c3cc(Sc4cc5c(cc4C(C)C)CCC4C(C)(C(=O)CO)CCCC54C)c(C(C)C)cc3CCC12.COC(=O)C1(C)CCCC2(C)c3ccc(C(C)C)cc3CCC12. The first kappa shape index (κ1) is 104. The average Bonchev–Trinajstić information content (AvgIpc) is 0.729. The van der Waals surface area contributed by atoms with Crippen LogP contribution >= 0.6 is 23.5 Å². The number of methoxy groups -OCH3 is 2. The van der Waals surface area contributed by atoms with Gasteiger partial charge >= 0.3 is 29.8 Å². The predicted octanol–water partition coefficient (Wildman–Crippen LogP) is 30.0. The van der Waals surface area contributed by atoms with Crippen molar-refractivity contribution >= 4 is 59.2 Å². The summed E-state index contributed by atoms with van der Waals surface area (Å²) in [7, 11) is 3.08. The van der Waals surface area contributed by atoms with Gasteiger partial charge in [0.25, 0.3) is 0 Å². The largest absolute Gasteiger partial charge is 0.481 e. The Kier molecular flexibility index (Phi) is 29.4. The first-order valence-corrected chi connectivity index (χ1v) is 55.3. The van der Waals surface area contributed by atoms with Crippen LogP contribution < -0.4 is 0 Å². The van der Waals surface area contributed by atoms with Crippen molar-refractivity contribution in [2.45, 2.75) is 446 Å². The molecule has 6 aromatic rings. The fourth-order valence-corrected chi connectivity index (χ4v) is 35.3. The molecule has 14 heteroatoms. The average molecular weight is 1900 g/mol. The summed E-state index contributed by atoms with van der Waals surface area (Å²) >= 11 is 3.84. The molecular weight excluding hydrogens is 1730 g/mol. The molecule has 18 unspecified atom stereocenters. The van der Waals surface area contributed by atoms with E-state index in [9.17, 15) is 49.2 Å². The number of ketones is 1. The van der Waals surface area contributed by atoms with Crippen molar-refractivity contribution in [3.63, 3.8) is 0 Å². The number of Topliss-reactive ketones (excluding diaryl/α,β-unsaturated/α-hetero) is 1. The van der Waals surface area contributed by atoms with Crippen LogP contribution in [0.15, 0.2) is 105 Å². The van der Waals surface area contributed by atoms with Gasteiger partial charge in [0.05, 0.1) is 41.3 Å². The van der Waals surface area contributed by atoms with E-state index < -0.39 is 45.0 Å². The second-order valence-corrected chi connectivity index (χ2v) is 52.5. The number of carboxylic acids is 3. The highest BCUT2D eigenvalue weighted by atomic mass is 32.2.